The number of benzene rings is 3. The van der Waals surface area contributed by atoms with Crippen molar-refractivity contribution in [3.63, 3.8) is 0 Å². The highest BCUT2D eigenvalue weighted by Gasteiger charge is 2.36. The Morgan fingerprint density at radius 3 is 2.34 bits per heavy atom. The molecular weight excluding hydrogens is 502 g/mol. The maximum Gasteiger partial charge on any atom is 0.338 e. The third-order valence-electron chi connectivity index (χ3n) is 5.65. The summed E-state index contributed by atoms with van der Waals surface area (Å²) in [5.74, 6) is -0.170. The molecule has 9 heteroatoms. The van der Waals surface area contributed by atoms with Gasteiger partial charge in [-0.1, -0.05) is 42.1 Å². The van der Waals surface area contributed by atoms with Gasteiger partial charge in [0.1, 0.15) is 11.0 Å². The number of thioether (sulfide) groups is 1. The first-order valence-corrected chi connectivity index (χ1v) is 13.2. The molecule has 3 aromatic rings. The molecular formula is C29H29N3O5S. The van der Waals surface area contributed by atoms with E-state index in [2.05, 4.69) is 5.32 Å². The van der Waals surface area contributed by atoms with Gasteiger partial charge >= 0.3 is 5.97 Å². The average molecular weight is 532 g/mol. The zero-order valence-electron chi connectivity index (χ0n) is 21.3. The maximum absolute atomic E-state index is 13.3. The summed E-state index contributed by atoms with van der Waals surface area (Å²) in [5, 5.41) is 2.65. The van der Waals surface area contributed by atoms with E-state index in [4.69, 9.17) is 14.5 Å². The molecule has 1 heterocycles. The fraction of sp³-hybridized carbons (Fsp3) is 0.241. The zero-order valence-corrected chi connectivity index (χ0v) is 22.1. The lowest BCUT2D eigenvalue weighted by molar-refractivity contribution is -0.129. The van der Waals surface area contributed by atoms with E-state index in [-0.39, 0.29) is 24.8 Å². The fourth-order valence-electron chi connectivity index (χ4n) is 3.78. The van der Waals surface area contributed by atoms with Gasteiger partial charge in [0.05, 0.1) is 31.0 Å². The van der Waals surface area contributed by atoms with Crippen molar-refractivity contribution in [2.45, 2.75) is 32.1 Å². The largest absolute Gasteiger partial charge is 0.494 e. The lowest BCUT2D eigenvalue weighted by Gasteiger charge is -2.32. The van der Waals surface area contributed by atoms with E-state index in [0.717, 1.165) is 5.56 Å². The molecule has 38 heavy (non-hydrogen) atoms. The molecule has 8 nitrogen and oxygen atoms in total. The minimum atomic E-state index is -0.654. The summed E-state index contributed by atoms with van der Waals surface area (Å²) >= 11 is 1.24. The summed E-state index contributed by atoms with van der Waals surface area (Å²) in [6, 6.07) is 23.3. The van der Waals surface area contributed by atoms with E-state index in [1.54, 1.807) is 60.4 Å². The number of amides is 2. The Bertz CT molecular complexity index is 1290. The Hall–Kier alpha value is -4.11. The molecule has 0 radical (unpaired) electrons. The molecule has 196 valence electrons. The molecule has 0 saturated carbocycles. The topological polar surface area (TPSA) is 97.3 Å². The molecule has 1 atom stereocenters. The van der Waals surface area contributed by atoms with Crippen LogP contribution in [0, 0.1) is 0 Å². The number of esters is 1. The highest BCUT2D eigenvalue weighted by molar-refractivity contribution is 8.15. The van der Waals surface area contributed by atoms with E-state index in [0.29, 0.717) is 41.0 Å². The van der Waals surface area contributed by atoms with E-state index in [1.807, 2.05) is 37.3 Å². The average Bonchev–Trinajstić information content (AvgIpc) is 2.93. The van der Waals surface area contributed by atoms with Crippen LogP contribution in [0.2, 0.25) is 0 Å². The lowest BCUT2D eigenvalue weighted by atomic mass is 10.2. The van der Waals surface area contributed by atoms with Crippen molar-refractivity contribution in [1.82, 2.24) is 4.90 Å². The summed E-state index contributed by atoms with van der Waals surface area (Å²) in [6.45, 7) is 4.83. The molecule has 1 fully saturated rings. The van der Waals surface area contributed by atoms with Crippen molar-refractivity contribution in [2.24, 2.45) is 4.99 Å². The Balaban J connectivity index is 1.55. The van der Waals surface area contributed by atoms with Gasteiger partial charge in [-0.15, -0.1) is 0 Å². The van der Waals surface area contributed by atoms with Crippen molar-refractivity contribution in [2.75, 3.05) is 18.5 Å². The van der Waals surface area contributed by atoms with E-state index < -0.39 is 11.2 Å². The van der Waals surface area contributed by atoms with Crippen molar-refractivity contribution < 1.29 is 23.9 Å². The quantitative estimate of drug-likeness (QED) is 0.370. The zero-order chi connectivity index (χ0) is 26.9. The number of hydrogen-bond donors (Lipinski definition) is 1. The monoisotopic (exact) mass is 531 g/mol. The van der Waals surface area contributed by atoms with Crippen LogP contribution in [0.3, 0.4) is 0 Å². The third kappa shape index (κ3) is 7.01. The lowest BCUT2D eigenvalue weighted by Crippen LogP contribution is -2.44. The molecule has 1 aliphatic heterocycles. The van der Waals surface area contributed by atoms with Gasteiger partial charge in [-0.25, -0.2) is 9.79 Å². The third-order valence-corrected chi connectivity index (χ3v) is 6.84. The van der Waals surface area contributed by atoms with Gasteiger partial charge in [0, 0.05) is 12.1 Å². The van der Waals surface area contributed by atoms with Crippen molar-refractivity contribution in [3.05, 3.63) is 90.0 Å². The predicted octanol–water partition coefficient (Wildman–Crippen LogP) is 5.42. The SMILES string of the molecule is CCOC(=O)c1ccc(N=C2SC(C(=O)Nc3ccc(OCC)cc3)CC(=O)N2Cc2ccccc2)cc1. The van der Waals surface area contributed by atoms with Crippen molar-refractivity contribution >= 4 is 46.1 Å². The van der Waals surface area contributed by atoms with Gasteiger partial charge in [0.2, 0.25) is 11.8 Å². The number of aliphatic imine (C=N–C) groups is 1. The van der Waals surface area contributed by atoms with Crippen LogP contribution in [0.15, 0.2) is 83.9 Å². The molecule has 1 unspecified atom stereocenters. The van der Waals surface area contributed by atoms with Gasteiger partial charge < -0.3 is 14.8 Å². The van der Waals surface area contributed by atoms with Crippen LogP contribution in [0.1, 0.15) is 36.2 Å². The van der Waals surface area contributed by atoms with Gasteiger partial charge in [0.25, 0.3) is 0 Å². The van der Waals surface area contributed by atoms with Crippen LogP contribution < -0.4 is 10.1 Å². The summed E-state index contributed by atoms with van der Waals surface area (Å²) in [7, 11) is 0. The Morgan fingerprint density at radius 2 is 1.68 bits per heavy atom. The number of ether oxygens (including phenoxy) is 2. The second kappa shape index (κ2) is 12.9. The molecule has 4 rings (SSSR count). The van der Waals surface area contributed by atoms with Gasteiger partial charge in [-0.05, 0) is 67.9 Å². The van der Waals surface area contributed by atoms with Crippen LogP contribution in [-0.4, -0.2) is 46.3 Å². The molecule has 0 spiro atoms. The standard InChI is InChI=1S/C29H29N3O5S/c1-3-36-24-16-14-22(15-17-24)30-27(34)25-18-26(33)32(19-20-8-6-5-7-9-20)29(38-25)31-23-12-10-21(11-13-23)28(35)37-4-2/h5-17,25H,3-4,18-19H2,1-2H3,(H,30,34). The summed E-state index contributed by atoms with van der Waals surface area (Å²) in [6.07, 6.45) is 0.0428. The van der Waals surface area contributed by atoms with Crippen LogP contribution in [0.4, 0.5) is 11.4 Å². The van der Waals surface area contributed by atoms with Gasteiger partial charge in [-0.2, -0.15) is 0 Å². The molecule has 0 bridgehead atoms. The Morgan fingerprint density at radius 1 is 0.974 bits per heavy atom. The van der Waals surface area contributed by atoms with Gasteiger partial charge in [0.15, 0.2) is 5.17 Å². The molecule has 1 saturated heterocycles. The van der Waals surface area contributed by atoms with Crippen LogP contribution >= 0.6 is 11.8 Å². The van der Waals surface area contributed by atoms with Crippen LogP contribution in [0.25, 0.3) is 0 Å². The van der Waals surface area contributed by atoms with Crippen LogP contribution in [-0.2, 0) is 20.9 Å². The minimum Gasteiger partial charge on any atom is -0.494 e. The number of rotatable bonds is 9. The normalized spacial score (nSPS) is 16.3. The maximum atomic E-state index is 13.3. The van der Waals surface area contributed by atoms with Crippen molar-refractivity contribution in [3.8, 4) is 5.75 Å². The first-order chi connectivity index (χ1) is 18.5. The first kappa shape index (κ1) is 26.9. The van der Waals surface area contributed by atoms with E-state index in [1.165, 1.54) is 11.8 Å². The summed E-state index contributed by atoms with van der Waals surface area (Å²) in [5.41, 5.74) is 2.53. The highest BCUT2D eigenvalue weighted by atomic mass is 32.2. The first-order valence-electron chi connectivity index (χ1n) is 12.4. The smallest absolute Gasteiger partial charge is 0.338 e. The number of nitrogens with zero attached hydrogens (tertiary/aromatic N) is 2. The number of carbonyl (C=O) groups is 3. The van der Waals surface area contributed by atoms with Gasteiger partial charge in [-0.3, -0.25) is 14.5 Å². The van der Waals surface area contributed by atoms with E-state index in [9.17, 15) is 14.4 Å². The molecule has 1 aliphatic rings. The summed E-state index contributed by atoms with van der Waals surface area (Å²) < 4.78 is 10.5. The Kier molecular flexibility index (Phi) is 9.16. The molecule has 1 N–H and O–H groups in total. The number of carbonyl (C=O) groups excluding carboxylic acids is 3. The number of nitrogens with one attached hydrogen (secondary N) is 1. The number of hydrogen-bond acceptors (Lipinski definition) is 7. The molecule has 0 aromatic heterocycles. The Labute approximate surface area is 226 Å². The molecule has 0 aliphatic carbocycles. The predicted molar refractivity (Wildman–Crippen MR) is 149 cm³/mol. The van der Waals surface area contributed by atoms with Crippen molar-refractivity contribution in [1.29, 1.82) is 0 Å². The fourth-order valence-corrected chi connectivity index (χ4v) is 4.88. The second-order valence-corrected chi connectivity index (χ2v) is 9.55. The molecule has 3 aromatic carbocycles. The highest BCUT2D eigenvalue weighted by Crippen LogP contribution is 2.31. The second-order valence-electron chi connectivity index (χ2n) is 8.38. The van der Waals surface area contributed by atoms with E-state index >= 15 is 0 Å². The minimum absolute atomic E-state index is 0.0428. The number of amidine groups is 1. The van der Waals surface area contributed by atoms with Crippen LogP contribution in [0.5, 0.6) is 5.75 Å². The molecule has 2 amide bonds. The number of anilines is 1. The summed E-state index contributed by atoms with van der Waals surface area (Å²) in [4.78, 5) is 44.7.